The highest BCUT2D eigenvalue weighted by Gasteiger charge is 2.27. The minimum Gasteiger partial charge on any atom is -0.484 e. The van der Waals surface area contributed by atoms with Crippen molar-refractivity contribution in [3.63, 3.8) is 0 Å². The van der Waals surface area contributed by atoms with Crippen molar-refractivity contribution in [2.24, 2.45) is 0 Å². The summed E-state index contributed by atoms with van der Waals surface area (Å²) in [5, 5.41) is 2.82. The van der Waals surface area contributed by atoms with Crippen LogP contribution in [0.4, 0.5) is 17.2 Å². The van der Waals surface area contributed by atoms with Crippen molar-refractivity contribution in [2.75, 3.05) is 16.8 Å². The topological polar surface area (TPSA) is 54.5 Å². The molecule has 1 atom stereocenters. The highest BCUT2D eigenvalue weighted by Crippen LogP contribution is 2.37. The van der Waals surface area contributed by atoms with Crippen molar-refractivity contribution in [3.05, 3.63) is 78.5 Å². The van der Waals surface area contributed by atoms with Gasteiger partial charge in [0.15, 0.2) is 6.61 Å². The fraction of sp³-hybridized carbons (Fsp3) is 0.182. The highest BCUT2D eigenvalue weighted by molar-refractivity contribution is 5.91. The average Bonchev–Trinajstić information content (AvgIpc) is 3.04. The van der Waals surface area contributed by atoms with Gasteiger partial charge in [-0.2, -0.15) is 0 Å². The number of carbonyl (C=O) groups excluding carboxylic acids is 1. The number of hydrogen-bond donors (Lipinski definition) is 1. The Morgan fingerprint density at radius 1 is 1.11 bits per heavy atom. The summed E-state index contributed by atoms with van der Waals surface area (Å²) in [6, 6.07) is 21.8. The summed E-state index contributed by atoms with van der Waals surface area (Å²) < 4.78 is 5.46. The smallest absolute Gasteiger partial charge is 0.262 e. The first-order valence-electron chi connectivity index (χ1n) is 9.01. The second-order valence-electron chi connectivity index (χ2n) is 6.61. The van der Waals surface area contributed by atoms with Gasteiger partial charge in [-0.25, -0.2) is 4.98 Å². The number of hydrogen-bond acceptors (Lipinski definition) is 4. The Morgan fingerprint density at radius 2 is 1.89 bits per heavy atom. The third-order valence-corrected chi connectivity index (χ3v) is 4.60. The van der Waals surface area contributed by atoms with Crippen molar-refractivity contribution in [2.45, 2.75) is 19.4 Å². The summed E-state index contributed by atoms with van der Waals surface area (Å²) in [6.45, 7) is 2.15. The predicted molar refractivity (Wildman–Crippen MR) is 107 cm³/mol. The molecule has 0 spiro atoms. The number of benzene rings is 2. The number of nitrogens with one attached hydrogen (secondary N) is 1. The minimum absolute atomic E-state index is 0.0394. The molecule has 0 saturated heterocycles. The number of nitrogens with zero attached hydrogens (tertiary/aromatic N) is 2. The molecule has 2 aromatic carbocycles. The van der Waals surface area contributed by atoms with Gasteiger partial charge in [0, 0.05) is 11.7 Å². The number of ether oxygens (including phenoxy) is 1. The number of aromatic nitrogens is 1. The molecule has 2 heterocycles. The van der Waals surface area contributed by atoms with E-state index < -0.39 is 0 Å². The van der Waals surface area contributed by atoms with E-state index in [1.807, 2.05) is 48.5 Å². The van der Waals surface area contributed by atoms with Crippen LogP contribution in [-0.4, -0.2) is 23.5 Å². The largest absolute Gasteiger partial charge is 0.484 e. The van der Waals surface area contributed by atoms with Gasteiger partial charge < -0.3 is 15.0 Å². The lowest BCUT2D eigenvalue weighted by molar-refractivity contribution is -0.118. The van der Waals surface area contributed by atoms with Crippen LogP contribution < -0.4 is 15.0 Å². The van der Waals surface area contributed by atoms with Crippen molar-refractivity contribution < 1.29 is 9.53 Å². The number of para-hydroxylation sites is 2. The molecule has 1 unspecified atom stereocenters. The maximum Gasteiger partial charge on any atom is 0.262 e. The van der Waals surface area contributed by atoms with Gasteiger partial charge in [0.1, 0.15) is 11.6 Å². The molecule has 1 aliphatic heterocycles. The van der Waals surface area contributed by atoms with Crippen molar-refractivity contribution in [1.82, 2.24) is 4.98 Å². The van der Waals surface area contributed by atoms with E-state index in [0.717, 1.165) is 12.2 Å². The van der Waals surface area contributed by atoms with E-state index >= 15 is 0 Å². The molecule has 1 N–H and O–H groups in total. The first kappa shape index (κ1) is 17.1. The van der Waals surface area contributed by atoms with Gasteiger partial charge in [0.25, 0.3) is 5.91 Å². The molecule has 4 rings (SSSR count). The minimum atomic E-state index is -0.215. The summed E-state index contributed by atoms with van der Waals surface area (Å²) in [7, 11) is 0. The Kier molecular flexibility index (Phi) is 4.75. The zero-order chi connectivity index (χ0) is 18.6. The Balaban J connectivity index is 1.40. The van der Waals surface area contributed by atoms with Crippen LogP contribution in [0.25, 0.3) is 0 Å². The van der Waals surface area contributed by atoms with Crippen LogP contribution in [0.2, 0.25) is 0 Å². The molecule has 0 bridgehead atoms. The monoisotopic (exact) mass is 359 g/mol. The summed E-state index contributed by atoms with van der Waals surface area (Å²) in [4.78, 5) is 18.9. The molecular weight excluding hydrogens is 338 g/mol. The van der Waals surface area contributed by atoms with Gasteiger partial charge >= 0.3 is 0 Å². The number of fused-ring (bicyclic) bond motifs is 1. The van der Waals surface area contributed by atoms with Crippen molar-refractivity contribution >= 4 is 23.1 Å². The summed E-state index contributed by atoms with van der Waals surface area (Å²) >= 11 is 0. The molecule has 1 aliphatic rings. The van der Waals surface area contributed by atoms with Crippen LogP contribution in [0, 0.1) is 0 Å². The van der Waals surface area contributed by atoms with Crippen LogP contribution in [0.15, 0.2) is 72.9 Å². The van der Waals surface area contributed by atoms with Crippen LogP contribution in [-0.2, 0) is 11.2 Å². The Labute approximate surface area is 158 Å². The fourth-order valence-corrected chi connectivity index (χ4v) is 3.38. The quantitative estimate of drug-likeness (QED) is 0.742. The Bertz CT molecular complexity index is 926. The first-order chi connectivity index (χ1) is 13.2. The number of amides is 1. The Hall–Kier alpha value is -3.34. The lowest BCUT2D eigenvalue weighted by Crippen LogP contribution is -2.25. The van der Waals surface area contributed by atoms with Gasteiger partial charge in [-0.1, -0.05) is 36.4 Å². The molecule has 27 heavy (non-hydrogen) atoms. The zero-order valence-corrected chi connectivity index (χ0v) is 15.1. The summed E-state index contributed by atoms with van der Waals surface area (Å²) in [5.74, 6) is 1.34. The number of rotatable bonds is 5. The second-order valence-corrected chi connectivity index (χ2v) is 6.61. The Morgan fingerprint density at radius 3 is 2.67 bits per heavy atom. The molecule has 0 fully saturated rings. The SMILES string of the molecule is CC1Cc2ccccc2N1c1ccc(NC(=O)COc2ccccc2)cn1. The molecule has 136 valence electrons. The van der Waals surface area contributed by atoms with E-state index in [-0.39, 0.29) is 12.5 Å². The molecule has 1 aromatic heterocycles. The van der Waals surface area contributed by atoms with Gasteiger partial charge in [0.2, 0.25) is 0 Å². The van der Waals surface area contributed by atoms with Gasteiger partial charge in [-0.05, 0) is 49.2 Å². The van der Waals surface area contributed by atoms with Gasteiger partial charge in [0.05, 0.1) is 11.9 Å². The third-order valence-electron chi connectivity index (χ3n) is 4.60. The van der Waals surface area contributed by atoms with Crippen LogP contribution in [0.1, 0.15) is 12.5 Å². The normalized spacial score (nSPS) is 15.3. The lowest BCUT2D eigenvalue weighted by atomic mass is 10.1. The molecule has 0 radical (unpaired) electrons. The maximum atomic E-state index is 12.1. The first-order valence-corrected chi connectivity index (χ1v) is 9.01. The number of pyridine rings is 1. The molecule has 5 heteroatoms. The summed E-state index contributed by atoms with van der Waals surface area (Å²) in [6.07, 6.45) is 2.69. The van der Waals surface area contributed by atoms with E-state index in [2.05, 4.69) is 40.3 Å². The predicted octanol–water partition coefficient (Wildman–Crippen LogP) is 4.18. The van der Waals surface area contributed by atoms with Crippen molar-refractivity contribution in [3.8, 4) is 5.75 Å². The zero-order valence-electron chi connectivity index (χ0n) is 15.1. The molecule has 1 amide bonds. The van der Waals surface area contributed by atoms with E-state index in [4.69, 9.17) is 4.74 Å². The maximum absolute atomic E-state index is 12.1. The average molecular weight is 359 g/mol. The fourth-order valence-electron chi connectivity index (χ4n) is 3.38. The molecule has 3 aromatic rings. The lowest BCUT2D eigenvalue weighted by Gasteiger charge is -2.24. The van der Waals surface area contributed by atoms with Crippen LogP contribution in [0.5, 0.6) is 5.75 Å². The molecule has 5 nitrogen and oxygen atoms in total. The third kappa shape index (κ3) is 3.77. The molecule has 0 aliphatic carbocycles. The van der Waals surface area contributed by atoms with E-state index in [0.29, 0.717) is 17.5 Å². The summed E-state index contributed by atoms with van der Waals surface area (Å²) in [5.41, 5.74) is 3.19. The van der Waals surface area contributed by atoms with E-state index in [1.165, 1.54) is 11.3 Å². The standard InChI is InChI=1S/C22H21N3O2/c1-16-13-17-7-5-6-10-20(17)25(16)21-12-11-18(14-23-21)24-22(26)15-27-19-8-3-2-4-9-19/h2-12,14,16H,13,15H2,1H3,(H,24,26). The van der Waals surface area contributed by atoms with Crippen molar-refractivity contribution in [1.29, 1.82) is 0 Å². The highest BCUT2D eigenvalue weighted by atomic mass is 16.5. The van der Waals surface area contributed by atoms with Gasteiger partial charge in [-0.3, -0.25) is 4.79 Å². The number of carbonyl (C=O) groups is 1. The van der Waals surface area contributed by atoms with E-state index in [9.17, 15) is 4.79 Å². The second kappa shape index (κ2) is 7.50. The van der Waals surface area contributed by atoms with Crippen LogP contribution >= 0.6 is 0 Å². The van der Waals surface area contributed by atoms with Gasteiger partial charge in [-0.15, -0.1) is 0 Å². The van der Waals surface area contributed by atoms with E-state index in [1.54, 1.807) is 6.20 Å². The molecule has 0 saturated carbocycles. The number of anilines is 3. The molecular formula is C22H21N3O2. The van der Waals surface area contributed by atoms with Crippen LogP contribution in [0.3, 0.4) is 0 Å².